The summed E-state index contributed by atoms with van der Waals surface area (Å²) in [6.45, 7) is 0.802. The molecule has 0 saturated heterocycles. The second-order valence-corrected chi connectivity index (χ2v) is 3.94. The van der Waals surface area contributed by atoms with Crippen LogP contribution in [0.2, 0.25) is 0 Å². The van der Waals surface area contributed by atoms with Crippen molar-refractivity contribution in [3.63, 3.8) is 0 Å². The first-order chi connectivity index (χ1) is 8.43. The molecule has 1 N–H and O–H groups in total. The van der Waals surface area contributed by atoms with Crippen LogP contribution < -0.4 is 5.43 Å². The van der Waals surface area contributed by atoms with Crippen LogP contribution in [0.5, 0.6) is 0 Å². The summed E-state index contributed by atoms with van der Waals surface area (Å²) in [5, 5.41) is 2.43. The summed E-state index contributed by atoms with van der Waals surface area (Å²) < 4.78 is 1.96. The minimum absolute atomic E-state index is 0.802. The number of nitrogens with zero attached hydrogens (tertiary/aromatic N) is 2. The average Bonchev–Trinajstić information content (AvgIpc) is 2.89. The Morgan fingerprint density at radius 3 is 2.82 bits per heavy atom. The molecule has 84 valence electrons. The lowest BCUT2D eigenvalue weighted by molar-refractivity contribution is 0.850. The van der Waals surface area contributed by atoms with Crippen molar-refractivity contribution in [2.75, 3.05) is 5.43 Å². The fourth-order valence-electron chi connectivity index (χ4n) is 1.96. The SMILES string of the molecule is c1cc(CNn2cccc2)c2ccncc2c1. The third-order valence-electron chi connectivity index (χ3n) is 2.83. The zero-order chi connectivity index (χ0) is 11.5. The van der Waals surface area contributed by atoms with E-state index in [-0.39, 0.29) is 0 Å². The Morgan fingerprint density at radius 1 is 1.06 bits per heavy atom. The molecule has 2 heterocycles. The maximum absolute atomic E-state index is 4.14. The van der Waals surface area contributed by atoms with Crippen molar-refractivity contribution in [2.45, 2.75) is 6.54 Å². The van der Waals surface area contributed by atoms with E-state index in [2.05, 4.69) is 34.7 Å². The predicted octanol–water partition coefficient (Wildman–Crippen LogP) is 2.78. The van der Waals surface area contributed by atoms with Gasteiger partial charge in [-0.15, -0.1) is 0 Å². The molecule has 0 saturated carbocycles. The fourth-order valence-corrected chi connectivity index (χ4v) is 1.96. The Morgan fingerprint density at radius 2 is 1.94 bits per heavy atom. The molecule has 0 atom stereocenters. The number of pyridine rings is 1. The monoisotopic (exact) mass is 223 g/mol. The van der Waals surface area contributed by atoms with Crippen LogP contribution in [0.15, 0.2) is 61.2 Å². The summed E-state index contributed by atoms with van der Waals surface area (Å²) in [7, 11) is 0. The van der Waals surface area contributed by atoms with Gasteiger partial charge in [-0.3, -0.25) is 9.66 Å². The van der Waals surface area contributed by atoms with E-state index in [4.69, 9.17) is 0 Å². The molecule has 3 rings (SSSR count). The molecule has 0 unspecified atom stereocenters. The Balaban J connectivity index is 1.90. The Kier molecular flexibility index (Phi) is 2.50. The van der Waals surface area contributed by atoms with Crippen LogP contribution in [0.4, 0.5) is 0 Å². The molecule has 3 nitrogen and oxygen atoms in total. The summed E-state index contributed by atoms with van der Waals surface area (Å²) in [5.74, 6) is 0. The smallest absolute Gasteiger partial charge is 0.0570 e. The minimum atomic E-state index is 0.802. The normalized spacial score (nSPS) is 10.6. The van der Waals surface area contributed by atoms with E-state index in [1.54, 1.807) is 0 Å². The number of hydrogen-bond acceptors (Lipinski definition) is 2. The summed E-state index contributed by atoms with van der Waals surface area (Å²) in [6, 6.07) is 12.3. The van der Waals surface area contributed by atoms with Crippen LogP contribution in [0.25, 0.3) is 10.8 Å². The van der Waals surface area contributed by atoms with Gasteiger partial charge in [0.05, 0.1) is 6.54 Å². The minimum Gasteiger partial charge on any atom is -0.322 e. The lowest BCUT2D eigenvalue weighted by Gasteiger charge is -2.09. The van der Waals surface area contributed by atoms with Gasteiger partial charge in [0.1, 0.15) is 0 Å². The first kappa shape index (κ1) is 9.90. The summed E-state index contributed by atoms with van der Waals surface area (Å²) in [5.41, 5.74) is 4.61. The molecule has 0 bridgehead atoms. The second-order valence-electron chi connectivity index (χ2n) is 3.94. The molecule has 0 amide bonds. The maximum atomic E-state index is 4.14. The van der Waals surface area contributed by atoms with Crippen molar-refractivity contribution >= 4 is 10.8 Å². The summed E-state index contributed by atoms with van der Waals surface area (Å²) >= 11 is 0. The Bertz CT molecular complexity index is 609. The highest BCUT2D eigenvalue weighted by Gasteiger charge is 1.99. The number of nitrogens with one attached hydrogen (secondary N) is 1. The molecular formula is C14H13N3. The quantitative estimate of drug-likeness (QED) is 0.740. The van der Waals surface area contributed by atoms with Gasteiger partial charge in [0, 0.05) is 30.2 Å². The van der Waals surface area contributed by atoms with Gasteiger partial charge in [-0.2, -0.15) is 0 Å². The number of rotatable bonds is 3. The van der Waals surface area contributed by atoms with E-state index in [0.717, 1.165) is 6.54 Å². The van der Waals surface area contributed by atoms with Gasteiger partial charge < -0.3 is 5.43 Å². The van der Waals surface area contributed by atoms with Crippen molar-refractivity contribution in [3.05, 3.63) is 66.7 Å². The molecule has 17 heavy (non-hydrogen) atoms. The number of aromatic nitrogens is 2. The van der Waals surface area contributed by atoms with Crippen molar-refractivity contribution in [1.82, 2.24) is 9.66 Å². The summed E-state index contributed by atoms with van der Waals surface area (Å²) in [4.78, 5) is 4.14. The standard InChI is InChI=1S/C14H13N3/c1-2-9-17(8-1)16-11-13-5-3-4-12-10-15-7-6-14(12)13/h1-10,16H,11H2. The van der Waals surface area contributed by atoms with Crippen molar-refractivity contribution in [1.29, 1.82) is 0 Å². The molecule has 0 aliphatic carbocycles. The van der Waals surface area contributed by atoms with Gasteiger partial charge in [0.15, 0.2) is 0 Å². The Labute approximate surface area is 99.7 Å². The van der Waals surface area contributed by atoms with Crippen LogP contribution in [0.1, 0.15) is 5.56 Å². The first-order valence-electron chi connectivity index (χ1n) is 5.62. The van der Waals surface area contributed by atoms with Gasteiger partial charge in [-0.05, 0) is 29.1 Å². The third-order valence-corrected chi connectivity index (χ3v) is 2.83. The molecule has 3 aromatic rings. The van der Waals surface area contributed by atoms with Gasteiger partial charge >= 0.3 is 0 Å². The lowest BCUT2D eigenvalue weighted by Crippen LogP contribution is -2.11. The highest BCUT2D eigenvalue weighted by atomic mass is 15.4. The molecule has 0 radical (unpaired) electrons. The van der Waals surface area contributed by atoms with Crippen LogP contribution in [0.3, 0.4) is 0 Å². The largest absolute Gasteiger partial charge is 0.322 e. The number of hydrogen-bond donors (Lipinski definition) is 1. The van der Waals surface area contributed by atoms with Crippen LogP contribution in [0, 0.1) is 0 Å². The molecule has 0 aliphatic rings. The second kappa shape index (κ2) is 4.29. The lowest BCUT2D eigenvalue weighted by atomic mass is 10.1. The molecule has 0 spiro atoms. The van der Waals surface area contributed by atoms with Crippen LogP contribution >= 0.6 is 0 Å². The van der Waals surface area contributed by atoms with Gasteiger partial charge in [0.25, 0.3) is 0 Å². The number of benzene rings is 1. The van der Waals surface area contributed by atoms with Crippen LogP contribution in [-0.4, -0.2) is 9.66 Å². The van der Waals surface area contributed by atoms with E-state index in [9.17, 15) is 0 Å². The molecule has 2 aromatic heterocycles. The van der Waals surface area contributed by atoms with Crippen molar-refractivity contribution in [2.24, 2.45) is 0 Å². The zero-order valence-electron chi connectivity index (χ0n) is 9.38. The average molecular weight is 223 g/mol. The van der Waals surface area contributed by atoms with Crippen molar-refractivity contribution < 1.29 is 0 Å². The maximum Gasteiger partial charge on any atom is 0.0570 e. The van der Waals surface area contributed by atoms with E-state index in [1.807, 2.05) is 41.6 Å². The molecular weight excluding hydrogens is 210 g/mol. The van der Waals surface area contributed by atoms with Crippen molar-refractivity contribution in [3.8, 4) is 0 Å². The molecule has 1 aromatic carbocycles. The molecule has 0 aliphatic heterocycles. The zero-order valence-corrected chi connectivity index (χ0v) is 9.38. The highest BCUT2D eigenvalue weighted by Crippen LogP contribution is 2.17. The van der Waals surface area contributed by atoms with E-state index in [1.165, 1.54) is 16.3 Å². The van der Waals surface area contributed by atoms with Gasteiger partial charge in [-0.1, -0.05) is 18.2 Å². The summed E-state index contributed by atoms with van der Waals surface area (Å²) in [6.07, 6.45) is 7.72. The Hall–Kier alpha value is -2.29. The van der Waals surface area contributed by atoms with E-state index in [0.29, 0.717) is 0 Å². The number of fused-ring (bicyclic) bond motifs is 1. The highest BCUT2D eigenvalue weighted by molar-refractivity contribution is 5.84. The fraction of sp³-hybridized carbons (Fsp3) is 0.0714. The topological polar surface area (TPSA) is 29.9 Å². The van der Waals surface area contributed by atoms with E-state index < -0.39 is 0 Å². The third kappa shape index (κ3) is 1.99. The van der Waals surface area contributed by atoms with Gasteiger partial charge in [0.2, 0.25) is 0 Å². The van der Waals surface area contributed by atoms with Crippen LogP contribution in [-0.2, 0) is 6.54 Å². The first-order valence-corrected chi connectivity index (χ1v) is 5.62. The van der Waals surface area contributed by atoms with E-state index >= 15 is 0 Å². The molecule has 3 heteroatoms. The molecule has 0 fully saturated rings. The predicted molar refractivity (Wildman–Crippen MR) is 69.2 cm³/mol. The van der Waals surface area contributed by atoms with Gasteiger partial charge in [-0.25, -0.2) is 0 Å².